The Balaban J connectivity index is 1.67. The molecular formula is C27H29N. The molecular weight excluding hydrogens is 338 g/mol. The molecule has 0 atom stereocenters. The van der Waals surface area contributed by atoms with Crippen molar-refractivity contribution >= 4 is 0 Å². The van der Waals surface area contributed by atoms with Crippen LogP contribution in [0.2, 0.25) is 0 Å². The van der Waals surface area contributed by atoms with Gasteiger partial charge in [0.1, 0.15) is 0 Å². The van der Waals surface area contributed by atoms with E-state index in [1.807, 2.05) is 0 Å². The van der Waals surface area contributed by atoms with Crippen molar-refractivity contribution in [1.29, 1.82) is 0 Å². The second-order valence-electron chi connectivity index (χ2n) is 9.60. The first-order chi connectivity index (χ1) is 13.4. The van der Waals surface area contributed by atoms with Gasteiger partial charge in [-0.3, -0.25) is 4.98 Å². The second-order valence-corrected chi connectivity index (χ2v) is 9.60. The number of hydrogen-bond acceptors (Lipinski definition) is 1. The smallest absolute Gasteiger partial charge is 0.0705 e. The van der Waals surface area contributed by atoms with Crippen molar-refractivity contribution in [2.24, 2.45) is 0 Å². The van der Waals surface area contributed by atoms with Crippen molar-refractivity contribution in [2.45, 2.75) is 64.2 Å². The fraction of sp³-hybridized carbons (Fsp3) is 0.370. The van der Waals surface area contributed by atoms with Crippen molar-refractivity contribution < 1.29 is 0 Å². The fourth-order valence-electron chi connectivity index (χ4n) is 5.40. The maximum atomic E-state index is 4.84. The summed E-state index contributed by atoms with van der Waals surface area (Å²) in [5.41, 5.74) is 11.1. The third-order valence-electron chi connectivity index (χ3n) is 7.16. The number of rotatable bonds is 1. The third kappa shape index (κ3) is 2.49. The van der Waals surface area contributed by atoms with Crippen LogP contribution in [0.4, 0.5) is 0 Å². The highest BCUT2D eigenvalue weighted by Crippen LogP contribution is 2.50. The van der Waals surface area contributed by atoms with Crippen LogP contribution < -0.4 is 0 Å². The van der Waals surface area contributed by atoms with Crippen LogP contribution >= 0.6 is 0 Å². The first-order valence-corrected chi connectivity index (χ1v) is 10.6. The molecule has 2 aliphatic carbocycles. The third-order valence-corrected chi connectivity index (χ3v) is 7.16. The van der Waals surface area contributed by atoms with Gasteiger partial charge >= 0.3 is 0 Å². The maximum Gasteiger partial charge on any atom is 0.0705 e. The van der Waals surface area contributed by atoms with E-state index in [9.17, 15) is 0 Å². The van der Waals surface area contributed by atoms with Crippen molar-refractivity contribution in [3.8, 4) is 11.3 Å². The SMILES string of the molecule is CC1(C)c2ccccc2C(C)(C)c2cc(-c3cc4c(cn3)CCCC4)ccc21. The Morgan fingerprint density at radius 1 is 0.679 bits per heavy atom. The van der Waals surface area contributed by atoms with Crippen molar-refractivity contribution in [3.05, 3.63) is 88.1 Å². The van der Waals surface area contributed by atoms with E-state index in [0.717, 1.165) is 5.69 Å². The molecule has 0 saturated heterocycles. The number of hydrogen-bond donors (Lipinski definition) is 0. The van der Waals surface area contributed by atoms with Crippen molar-refractivity contribution in [1.82, 2.24) is 4.98 Å². The molecule has 2 aliphatic rings. The van der Waals surface area contributed by atoms with Gasteiger partial charge in [-0.1, -0.05) is 64.1 Å². The maximum absolute atomic E-state index is 4.84. The number of pyridine rings is 1. The van der Waals surface area contributed by atoms with Crippen LogP contribution in [0, 0.1) is 0 Å². The summed E-state index contributed by atoms with van der Waals surface area (Å²) in [6.45, 7) is 9.45. The normalized spacial score (nSPS) is 18.7. The molecule has 28 heavy (non-hydrogen) atoms. The molecule has 0 radical (unpaired) electrons. The van der Waals surface area contributed by atoms with Crippen LogP contribution in [-0.4, -0.2) is 4.98 Å². The van der Waals surface area contributed by atoms with Gasteiger partial charge in [-0.2, -0.15) is 0 Å². The Bertz CT molecular complexity index is 1070. The highest BCUT2D eigenvalue weighted by atomic mass is 14.7. The zero-order valence-corrected chi connectivity index (χ0v) is 17.5. The van der Waals surface area contributed by atoms with E-state index in [4.69, 9.17) is 4.98 Å². The molecule has 2 aromatic carbocycles. The summed E-state index contributed by atoms with van der Waals surface area (Å²) in [7, 11) is 0. The first-order valence-electron chi connectivity index (χ1n) is 10.6. The molecule has 1 heterocycles. The minimum Gasteiger partial charge on any atom is -0.256 e. The molecule has 0 spiro atoms. The van der Waals surface area contributed by atoms with Crippen LogP contribution in [0.3, 0.4) is 0 Å². The van der Waals surface area contributed by atoms with Gasteiger partial charge in [0.15, 0.2) is 0 Å². The van der Waals surface area contributed by atoms with E-state index in [2.05, 4.69) is 82.4 Å². The largest absolute Gasteiger partial charge is 0.256 e. The van der Waals surface area contributed by atoms with Gasteiger partial charge in [0.25, 0.3) is 0 Å². The fourth-order valence-corrected chi connectivity index (χ4v) is 5.40. The lowest BCUT2D eigenvalue weighted by molar-refractivity contribution is 0.521. The summed E-state index contributed by atoms with van der Waals surface area (Å²) in [5.74, 6) is 0. The summed E-state index contributed by atoms with van der Waals surface area (Å²) < 4.78 is 0. The topological polar surface area (TPSA) is 12.9 Å². The number of aromatic nitrogens is 1. The van der Waals surface area contributed by atoms with Crippen LogP contribution in [0.5, 0.6) is 0 Å². The van der Waals surface area contributed by atoms with E-state index in [0.29, 0.717) is 0 Å². The Morgan fingerprint density at radius 2 is 1.29 bits per heavy atom. The van der Waals surface area contributed by atoms with E-state index in [1.54, 1.807) is 0 Å². The molecule has 142 valence electrons. The molecule has 3 aromatic rings. The number of nitrogens with zero attached hydrogens (tertiary/aromatic N) is 1. The molecule has 0 aliphatic heterocycles. The standard InChI is InChI=1S/C27H29N/c1-26(2)21-11-7-8-12-22(21)27(3,4)24-15-19(13-14-23(24)26)25-16-18-9-5-6-10-20(18)17-28-25/h7-8,11-17H,5-6,9-10H2,1-4H3. The van der Waals surface area contributed by atoms with Gasteiger partial charge in [-0.05, 0) is 71.2 Å². The average Bonchev–Trinajstić information content (AvgIpc) is 2.72. The molecule has 1 aromatic heterocycles. The summed E-state index contributed by atoms with van der Waals surface area (Å²) in [6.07, 6.45) is 7.11. The second kappa shape index (κ2) is 6.04. The van der Waals surface area contributed by atoms with Gasteiger partial charge < -0.3 is 0 Å². The average molecular weight is 368 g/mol. The monoisotopic (exact) mass is 367 g/mol. The molecule has 0 N–H and O–H groups in total. The lowest BCUT2D eigenvalue weighted by Crippen LogP contribution is -2.36. The lowest BCUT2D eigenvalue weighted by Gasteiger charge is -2.44. The number of fused-ring (bicyclic) bond motifs is 3. The van der Waals surface area contributed by atoms with E-state index in [1.165, 1.54) is 64.6 Å². The zero-order valence-electron chi connectivity index (χ0n) is 17.5. The molecule has 0 bridgehead atoms. The molecule has 0 unspecified atom stereocenters. The van der Waals surface area contributed by atoms with E-state index < -0.39 is 0 Å². The van der Waals surface area contributed by atoms with Crippen LogP contribution in [0.1, 0.15) is 73.9 Å². The zero-order chi connectivity index (χ0) is 19.5. The molecule has 1 nitrogen and oxygen atoms in total. The van der Waals surface area contributed by atoms with Gasteiger partial charge in [0.2, 0.25) is 0 Å². The first kappa shape index (κ1) is 17.7. The summed E-state index contributed by atoms with van der Waals surface area (Å²) in [6, 6.07) is 18.3. The molecule has 0 fully saturated rings. The summed E-state index contributed by atoms with van der Waals surface area (Å²) in [5, 5.41) is 0. The Kier molecular flexibility index (Phi) is 3.81. The van der Waals surface area contributed by atoms with Gasteiger partial charge in [-0.15, -0.1) is 0 Å². The van der Waals surface area contributed by atoms with Crippen molar-refractivity contribution in [2.75, 3.05) is 0 Å². The minimum atomic E-state index is -0.00827. The predicted molar refractivity (Wildman–Crippen MR) is 117 cm³/mol. The van der Waals surface area contributed by atoms with Gasteiger partial charge in [0.05, 0.1) is 5.69 Å². The number of benzene rings is 2. The molecule has 1 heteroatoms. The van der Waals surface area contributed by atoms with Crippen LogP contribution in [0.25, 0.3) is 11.3 Å². The highest BCUT2D eigenvalue weighted by Gasteiger charge is 2.41. The quantitative estimate of drug-likeness (QED) is 0.472. The van der Waals surface area contributed by atoms with Crippen molar-refractivity contribution in [3.63, 3.8) is 0 Å². The van der Waals surface area contributed by atoms with Crippen LogP contribution in [0.15, 0.2) is 54.7 Å². The Hall–Kier alpha value is -2.41. The summed E-state index contributed by atoms with van der Waals surface area (Å²) >= 11 is 0. The van der Waals surface area contributed by atoms with E-state index in [-0.39, 0.29) is 10.8 Å². The minimum absolute atomic E-state index is 0.00827. The Morgan fingerprint density at radius 3 is 2.00 bits per heavy atom. The summed E-state index contributed by atoms with van der Waals surface area (Å²) in [4.78, 5) is 4.84. The van der Waals surface area contributed by atoms with Gasteiger partial charge in [-0.25, -0.2) is 0 Å². The van der Waals surface area contributed by atoms with E-state index >= 15 is 0 Å². The molecule has 0 saturated carbocycles. The highest BCUT2D eigenvalue weighted by molar-refractivity contribution is 5.67. The molecule has 5 rings (SSSR count). The lowest BCUT2D eigenvalue weighted by atomic mass is 9.60. The number of aryl methyl sites for hydroxylation is 2. The predicted octanol–water partition coefficient (Wildman–Crippen LogP) is 6.59. The Labute approximate surface area is 168 Å². The molecule has 0 amide bonds. The van der Waals surface area contributed by atoms with Gasteiger partial charge in [0, 0.05) is 22.6 Å². The van der Waals surface area contributed by atoms with Crippen LogP contribution in [-0.2, 0) is 23.7 Å².